The van der Waals surface area contributed by atoms with Crippen molar-refractivity contribution in [2.24, 2.45) is 51.2 Å². The number of esters is 2. The second-order valence-electron chi connectivity index (χ2n) is 22.1. The van der Waals surface area contributed by atoms with Gasteiger partial charge in [0.15, 0.2) is 12.6 Å². The van der Waals surface area contributed by atoms with Crippen LogP contribution >= 0.6 is 0 Å². The molecule has 26 atom stereocenters. The van der Waals surface area contributed by atoms with Crippen LogP contribution in [0.5, 0.6) is 0 Å². The molecule has 4 saturated heterocycles. The summed E-state index contributed by atoms with van der Waals surface area (Å²) in [5.41, 5.74) is -1.44. The van der Waals surface area contributed by atoms with Crippen molar-refractivity contribution >= 4 is 11.9 Å². The number of allylic oxidation sites excluding steroid dienone is 1. The Labute approximate surface area is 395 Å². The van der Waals surface area contributed by atoms with Crippen LogP contribution in [0.2, 0.25) is 0 Å². The number of aliphatic hydroxyl groups is 11. The van der Waals surface area contributed by atoms with Gasteiger partial charge in [0.1, 0.15) is 73.2 Å². The molecule has 4 aliphatic carbocycles. The largest absolute Gasteiger partial charge is 0.462 e. The molecule has 4 saturated carbocycles. The van der Waals surface area contributed by atoms with E-state index < -0.39 is 151 Å². The van der Waals surface area contributed by atoms with Crippen LogP contribution in [0.1, 0.15) is 86.0 Å². The molecule has 20 heteroatoms. The van der Waals surface area contributed by atoms with Gasteiger partial charge in [-0.2, -0.15) is 0 Å². The molecule has 0 aromatic rings. The maximum absolute atomic E-state index is 15.0. The summed E-state index contributed by atoms with van der Waals surface area (Å²) in [7, 11) is 0. The molecule has 386 valence electrons. The first-order valence-corrected chi connectivity index (χ1v) is 24.2. The van der Waals surface area contributed by atoms with E-state index in [4.69, 9.17) is 33.2 Å². The van der Waals surface area contributed by atoms with E-state index in [-0.39, 0.29) is 42.6 Å². The summed E-state index contributed by atoms with van der Waals surface area (Å²) in [6.45, 7) is 16.7. The first kappa shape index (κ1) is 52.1. The van der Waals surface area contributed by atoms with Gasteiger partial charge in [-0.25, -0.2) is 0 Å². The maximum atomic E-state index is 15.0. The van der Waals surface area contributed by atoms with Gasteiger partial charge < -0.3 is 89.3 Å². The van der Waals surface area contributed by atoms with Gasteiger partial charge >= 0.3 is 11.9 Å². The maximum Gasteiger partial charge on any atom is 0.314 e. The van der Waals surface area contributed by atoms with E-state index in [0.717, 1.165) is 5.57 Å². The molecule has 11 N–H and O–H groups in total. The first-order chi connectivity index (χ1) is 31.9. The van der Waals surface area contributed by atoms with Crippen LogP contribution in [-0.2, 0) is 42.7 Å². The SMILES string of the molecule is C=C(C)C1CCC2(C(=O)OC3OC(COC4OC(CO)C(OC5OC(C)C(O)C(O)C5O)C(O)C4O)C(O)C(O)C3O)CCC3(C)C(CC4OC(=O)CC(O)C5(C)C(C(=C)CO)CCC3(C)C45)C12. The Balaban J connectivity index is 1.00. The summed E-state index contributed by atoms with van der Waals surface area (Å²) in [6, 6.07) is 0. The van der Waals surface area contributed by atoms with Crippen LogP contribution in [0.3, 0.4) is 0 Å². The van der Waals surface area contributed by atoms with E-state index in [9.17, 15) is 61.0 Å². The fraction of sp³-hybridized carbons (Fsp3) is 0.875. The number of hydrogen-bond acceptors (Lipinski definition) is 20. The van der Waals surface area contributed by atoms with Gasteiger partial charge in [-0.3, -0.25) is 9.59 Å². The highest BCUT2D eigenvalue weighted by molar-refractivity contribution is 5.78. The zero-order valence-electron chi connectivity index (χ0n) is 39.5. The van der Waals surface area contributed by atoms with E-state index in [0.29, 0.717) is 50.5 Å². The van der Waals surface area contributed by atoms with Gasteiger partial charge in [0.25, 0.3) is 0 Å². The molecule has 0 aromatic heterocycles. The lowest BCUT2D eigenvalue weighted by Gasteiger charge is -2.71. The van der Waals surface area contributed by atoms with Crippen LogP contribution in [0, 0.1) is 51.2 Å². The van der Waals surface area contributed by atoms with E-state index >= 15 is 4.79 Å². The van der Waals surface area contributed by atoms with Crippen molar-refractivity contribution in [1.29, 1.82) is 0 Å². The van der Waals surface area contributed by atoms with Gasteiger partial charge in [0, 0.05) is 11.3 Å². The smallest absolute Gasteiger partial charge is 0.314 e. The lowest BCUT2D eigenvalue weighted by atomic mass is 9.33. The third-order valence-corrected chi connectivity index (χ3v) is 18.9. The Kier molecular flexibility index (Phi) is 14.6. The molecule has 8 rings (SSSR count). The number of aliphatic hydroxyl groups excluding tert-OH is 11. The quantitative estimate of drug-likeness (QED) is 0.0845. The Morgan fingerprint density at radius 3 is 2.06 bits per heavy atom. The van der Waals surface area contributed by atoms with Crippen molar-refractivity contribution in [1.82, 2.24) is 0 Å². The highest BCUT2D eigenvalue weighted by Gasteiger charge is 2.75. The highest BCUT2D eigenvalue weighted by Crippen LogP contribution is 2.77. The highest BCUT2D eigenvalue weighted by atomic mass is 16.8. The van der Waals surface area contributed by atoms with E-state index in [1.165, 1.54) is 6.92 Å². The van der Waals surface area contributed by atoms with Crippen LogP contribution in [0.4, 0.5) is 0 Å². The van der Waals surface area contributed by atoms with Gasteiger partial charge in [0.2, 0.25) is 6.29 Å². The minimum absolute atomic E-state index is 0.143. The average molecular weight is 971 g/mol. The molecule has 0 aromatic carbocycles. The molecule has 8 aliphatic rings. The number of ether oxygens (including phenoxy) is 7. The number of hydrogen-bond donors (Lipinski definition) is 11. The molecular weight excluding hydrogens is 897 g/mol. The minimum Gasteiger partial charge on any atom is -0.462 e. The van der Waals surface area contributed by atoms with Crippen molar-refractivity contribution in [3.63, 3.8) is 0 Å². The average Bonchev–Trinajstić information content (AvgIpc) is 3.67. The Morgan fingerprint density at radius 2 is 1.40 bits per heavy atom. The summed E-state index contributed by atoms with van der Waals surface area (Å²) in [5, 5.41) is 119. The van der Waals surface area contributed by atoms with Crippen LogP contribution < -0.4 is 0 Å². The van der Waals surface area contributed by atoms with Gasteiger partial charge in [-0.05, 0) is 98.9 Å². The second-order valence-corrected chi connectivity index (χ2v) is 22.1. The van der Waals surface area contributed by atoms with Crippen LogP contribution in [0.25, 0.3) is 0 Å². The predicted octanol–water partition coefficient (Wildman–Crippen LogP) is -1.32. The Morgan fingerprint density at radius 1 is 0.750 bits per heavy atom. The van der Waals surface area contributed by atoms with E-state index in [2.05, 4.69) is 27.0 Å². The number of carbonyl (C=O) groups is 2. The van der Waals surface area contributed by atoms with E-state index in [1.807, 2.05) is 13.8 Å². The van der Waals surface area contributed by atoms with Crippen molar-refractivity contribution in [2.75, 3.05) is 19.8 Å². The van der Waals surface area contributed by atoms with Crippen LogP contribution in [-0.4, -0.2) is 192 Å². The minimum atomic E-state index is -1.91. The van der Waals surface area contributed by atoms with Crippen molar-refractivity contribution in [3.05, 3.63) is 24.3 Å². The molecule has 0 spiro atoms. The number of rotatable bonds is 11. The predicted molar refractivity (Wildman–Crippen MR) is 232 cm³/mol. The summed E-state index contributed by atoms with van der Waals surface area (Å²) in [6.07, 6.45) is -23.0. The molecule has 20 nitrogen and oxygen atoms in total. The third-order valence-electron chi connectivity index (χ3n) is 18.9. The zero-order valence-corrected chi connectivity index (χ0v) is 39.5. The molecule has 0 bridgehead atoms. The molecule has 26 unspecified atom stereocenters. The summed E-state index contributed by atoms with van der Waals surface area (Å²) in [5.74, 6) is -2.46. The molecule has 4 heterocycles. The van der Waals surface area contributed by atoms with Crippen LogP contribution in [0.15, 0.2) is 24.3 Å². The fourth-order valence-electron chi connectivity index (χ4n) is 14.9. The Bertz CT molecular complexity index is 1900. The number of carbonyl (C=O) groups excluding carboxylic acids is 2. The molecule has 68 heavy (non-hydrogen) atoms. The molecule has 0 amide bonds. The molecule has 8 fully saturated rings. The van der Waals surface area contributed by atoms with Crippen molar-refractivity contribution in [3.8, 4) is 0 Å². The van der Waals surface area contributed by atoms with E-state index in [1.54, 1.807) is 0 Å². The first-order valence-electron chi connectivity index (χ1n) is 24.2. The summed E-state index contributed by atoms with van der Waals surface area (Å²) >= 11 is 0. The van der Waals surface area contributed by atoms with Gasteiger partial charge in [-0.1, -0.05) is 39.5 Å². The van der Waals surface area contributed by atoms with Crippen molar-refractivity contribution in [2.45, 2.75) is 190 Å². The molecular formula is C48H74O20. The second kappa shape index (κ2) is 19.0. The van der Waals surface area contributed by atoms with Crippen molar-refractivity contribution < 1.29 is 98.9 Å². The molecule has 4 aliphatic heterocycles. The lowest BCUT2D eigenvalue weighted by Crippen LogP contribution is -2.69. The zero-order chi connectivity index (χ0) is 49.7. The molecule has 0 radical (unpaired) electrons. The lowest BCUT2D eigenvalue weighted by molar-refractivity contribution is -0.361. The topological polar surface area (TPSA) is 321 Å². The third kappa shape index (κ3) is 8.04. The summed E-state index contributed by atoms with van der Waals surface area (Å²) in [4.78, 5) is 28.5. The van der Waals surface area contributed by atoms with Gasteiger partial charge in [0.05, 0.1) is 43.9 Å². The fourth-order valence-corrected chi connectivity index (χ4v) is 14.9. The van der Waals surface area contributed by atoms with Gasteiger partial charge in [-0.15, -0.1) is 0 Å². The standard InChI is InChI=1S/C48H74O20/c1-19(2)22-8-11-48(13-12-45(5)24(30(22)48)14-25-40-46(45,6)10-9-23(20(3)16-49)47(40,7)28(51)15-29(52)64-25)44(61)68-43-37(59)34(56)32(54)27(66-43)18-62-41-38(60)35(57)39(26(17-50)65-41)67-42-36(58)33(55)31(53)21(4)63-42/h21-28,30-43,49-51,53-60H,1,3,8-18H2,2,4-7H3. The monoisotopic (exact) mass is 970 g/mol. The summed E-state index contributed by atoms with van der Waals surface area (Å²) < 4.78 is 40.9. The number of fused-ring (bicyclic) bond motifs is 4. The Hall–Kier alpha value is -2.22. The normalized spacial score (nSPS) is 53.5.